The molecule has 0 aliphatic carbocycles. The molecule has 1 N–H and O–H groups in total. The zero-order valence-electron chi connectivity index (χ0n) is 14.0. The largest absolute Gasteiger partial charge is 0.492 e. The Hall–Kier alpha value is -1.92. The van der Waals surface area contributed by atoms with Crippen molar-refractivity contribution in [3.63, 3.8) is 0 Å². The quantitative estimate of drug-likeness (QED) is 0.775. The number of hydrogen-bond donors (Lipinski definition) is 1. The lowest BCUT2D eigenvalue weighted by atomic mass is 10.0. The first kappa shape index (κ1) is 18.4. The normalized spacial score (nSPS) is 11.7. The van der Waals surface area contributed by atoms with Crippen LogP contribution >= 0.6 is 0 Å². The van der Waals surface area contributed by atoms with Crippen LogP contribution in [-0.4, -0.2) is 21.6 Å². The molecule has 0 bridgehead atoms. The van der Waals surface area contributed by atoms with E-state index in [0.717, 1.165) is 11.6 Å². The molecule has 2 aromatic rings. The molecule has 0 saturated heterocycles. The number of aryl methyl sites for hydroxylation is 1. The third kappa shape index (κ3) is 4.79. The van der Waals surface area contributed by atoms with Gasteiger partial charge in [0.1, 0.15) is 18.2 Å². The number of benzene rings is 2. The molecule has 0 atom stereocenters. The molecule has 0 aliphatic heterocycles. The smallest absolute Gasteiger partial charge is 0.240 e. The van der Waals surface area contributed by atoms with Crippen molar-refractivity contribution in [2.24, 2.45) is 0 Å². The predicted octanol–water partition coefficient (Wildman–Crippen LogP) is 3.61. The highest BCUT2D eigenvalue weighted by Gasteiger charge is 2.14. The lowest BCUT2D eigenvalue weighted by Gasteiger charge is -2.11. The summed E-state index contributed by atoms with van der Waals surface area (Å²) in [5.74, 6) is 0.675. The zero-order chi connectivity index (χ0) is 17.7. The van der Waals surface area contributed by atoms with Crippen LogP contribution in [0.25, 0.3) is 0 Å². The fraction of sp³-hybridized carbons (Fsp3) is 0.333. The van der Waals surface area contributed by atoms with Crippen LogP contribution in [0.1, 0.15) is 30.9 Å². The monoisotopic (exact) mass is 351 g/mol. The molecule has 0 aliphatic rings. The summed E-state index contributed by atoms with van der Waals surface area (Å²) < 4.78 is 45.6. The number of hydrogen-bond acceptors (Lipinski definition) is 3. The summed E-state index contributed by atoms with van der Waals surface area (Å²) in [5.41, 5.74) is 1.45. The molecule has 0 fully saturated rings. The molecule has 4 nitrogen and oxygen atoms in total. The van der Waals surface area contributed by atoms with Crippen LogP contribution in [-0.2, 0) is 10.0 Å². The number of sulfonamides is 1. The molecular formula is C18H22FNO3S. The maximum Gasteiger partial charge on any atom is 0.240 e. The fourth-order valence-electron chi connectivity index (χ4n) is 2.18. The number of rotatable bonds is 7. The standard InChI is InChI=1S/C18H22FNO3S/c1-13(2)15-5-4-6-16(12-15)23-10-9-20-24(21,22)17-7-8-18(19)14(3)11-17/h4-8,11-13,20H,9-10H2,1-3H3. The van der Waals surface area contributed by atoms with E-state index < -0.39 is 15.8 Å². The molecule has 0 saturated carbocycles. The van der Waals surface area contributed by atoms with Crippen molar-refractivity contribution in [3.8, 4) is 5.75 Å². The van der Waals surface area contributed by atoms with E-state index >= 15 is 0 Å². The maximum absolute atomic E-state index is 13.2. The summed E-state index contributed by atoms with van der Waals surface area (Å²) in [7, 11) is -3.67. The molecule has 0 radical (unpaired) electrons. The second-order valence-corrected chi connectivity index (χ2v) is 7.65. The Morgan fingerprint density at radius 1 is 1.17 bits per heavy atom. The predicted molar refractivity (Wildman–Crippen MR) is 92.4 cm³/mol. The Labute approximate surface area is 142 Å². The summed E-state index contributed by atoms with van der Waals surface area (Å²) in [5, 5.41) is 0. The molecule has 24 heavy (non-hydrogen) atoms. The summed E-state index contributed by atoms with van der Waals surface area (Å²) in [6.07, 6.45) is 0. The van der Waals surface area contributed by atoms with Crippen molar-refractivity contribution >= 4 is 10.0 Å². The SMILES string of the molecule is Cc1cc(S(=O)(=O)NCCOc2cccc(C(C)C)c2)ccc1F. The van der Waals surface area contributed by atoms with Gasteiger partial charge in [0.05, 0.1) is 4.90 Å². The van der Waals surface area contributed by atoms with Crippen LogP contribution in [0.3, 0.4) is 0 Å². The van der Waals surface area contributed by atoms with Crippen molar-refractivity contribution < 1.29 is 17.5 Å². The lowest BCUT2D eigenvalue weighted by Crippen LogP contribution is -2.28. The number of halogens is 1. The van der Waals surface area contributed by atoms with Crippen LogP contribution in [0.4, 0.5) is 4.39 Å². The topological polar surface area (TPSA) is 55.4 Å². The van der Waals surface area contributed by atoms with E-state index in [4.69, 9.17) is 4.74 Å². The van der Waals surface area contributed by atoms with Gasteiger partial charge in [-0.05, 0) is 54.3 Å². The first-order valence-electron chi connectivity index (χ1n) is 7.78. The summed E-state index contributed by atoms with van der Waals surface area (Å²) in [6, 6.07) is 11.4. The van der Waals surface area contributed by atoms with Gasteiger partial charge in [0.25, 0.3) is 0 Å². The molecular weight excluding hydrogens is 329 g/mol. The Morgan fingerprint density at radius 3 is 2.58 bits per heavy atom. The average Bonchev–Trinajstić information content (AvgIpc) is 2.54. The van der Waals surface area contributed by atoms with E-state index in [2.05, 4.69) is 18.6 Å². The van der Waals surface area contributed by atoms with E-state index in [1.165, 1.54) is 19.1 Å². The van der Waals surface area contributed by atoms with Gasteiger partial charge in [-0.2, -0.15) is 0 Å². The van der Waals surface area contributed by atoms with Gasteiger partial charge in [0.2, 0.25) is 10.0 Å². The van der Waals surface area contributed by atoms with Gasteiger partial charge in [-0.1, -0.05) is 26.0 Å². The molecule has 0 aromatic heterocycles. The molecule has 130 valence electrons. The van der Waals surface area contributed by atoms with Gasteiger partial charge in [-0.3, -0.25) is 0 Å². The van der Waals surface area contributed by atoms with Crippen molar-refractivity contribution in [3.05, 3.63) is 59.4 Å². The van der Waals surface area contributed by atoms with E-state index in [1.807, 2.05) is 24.3 Å². The molecule has 0 heterocycles. The zero-order valence-corrected chi connectivity index (χ0v) is 14.9. The van der Waals surface area contributed by atoms with Crippen LogP contribution in [0.15, 0.2) is 47.4 Å². The molecule has 0 amide bonds. The van der Waals surface area contributed by atoms with Crippen molar-refractivity contribution in [2.45, 2.75) is 31.6 Å². The minimum absolute atomic E-state index is 0.0446. The Kier molecular flexibility index (Phi) is 5.96. The summed E-state index contributed by atoms with van der Waals surface area (Å²) in [4.78, 5) is 0.0446. The molecule has 6 heteroatoms. The minimum Gasteiger partial charge on any atom is -0.492 e. The minimum atomic E-state index is -3.67. The van der Waals surface area contributed by atoms with Crippen molar-refractivity contribution in [1.82, 2.24) is 4.72 Å². The third-order valence-electron chi connectivity index (χ3n) is 3.63. The highest BCUT2D eigenvalue weighted by atomic mass is 32.2. The Balaban J connectivity index is 1.91. The molecule has 2 aromatic carbocycles. The van der Waals surface area contributed by atoms with Crippen LogP contribution in [0.5, 0.6) is 5.75 Å². The Morgan fingerprint density at radius 2 is 1.92 bits per heavy atom. The maximum atomic E-state index is 13.2. The number of nitrogens with one attached hydrogen (secondary N) is 1. The second kappa shape index (κ2) is 7.77. The number of ether oxygens (including phenoxy) is 1. The van der Waals surface area contributed by atoms with Gasteiger partial charge in [-0.15, -0.1) is 0 Å². The van der Waals surface area contributed by atoms with Crippen molar-refractivity contribution in [1.29, 1.82) is 0 Å². The van der Waals surface area contributed by atoms with Crippen molar-refractivity contribution in [2.75, 3.05) is 13.2 Å². The first-order valence-corrected chi connectivity index (χ1v) is 9.26. The first-order chi connectivity index (χ1) is 11.3. The highest BCUT2D eigenvalue weighted by molar-refractivity contribution is 7.89. The van der Waals surface area contributed by atoms with Gasteiger partial charge < -0.3 is 4.74 Å². The second-order valence-electron chi connectivity index (χ2n) is 5.88. The Bertz CT molecular complexity index is 804. The fourth-order valence-corrected chi connectivity index (χ4v) is 3.27. The average molecular weight is 351 g/mol. The van der Waals surface area contributed by atoms with Crippen LogP contribution in [0, 0.1) is 12.7 Å². The van der Waals surface area contributed by atoms with E-state index in [-0.39, 0.29) is 18.0 Å². The highest BCUT2D eigenvalue weighted by Crippen LogP contribution is 2.20. The van der Waals surface area contributed by atoms with Crippen LogP contribution < -0.4 is 9.46 Å². The van der Waals surface area contributed by atoms with E-state index in [9.17, 15) is 12.8 Å². The molecule has 0 unspecified atom stereocenters. The van der Waals surface area contributed by atoms with Gasteiger partial charge in [0, 0.05) is 6.54 Å². The van der Waals surface area contributed by atoms with Gasteiger partial charge >= 0.3 is 0 Å². The van der Waals surface area contributed by atoms with E-state index in [1.54, 1.807) is 0 Å². The summed E-state index contributed by atoms with van der Waals surface area (Å²) in [6.45, 7) is 6.06. The third-order valence-corrected chi connectivity index (χ3v) is 5.09. The molecule has 2 rings (SSSR count). The lowest BCUT2D eigenvalue weighted by molar-refractivity contribution is 0.322. The van der Waals surface area contributed by atoms with Gasteiger partial charge in [-0.25, -0.2) is 17.5 Å². The summed E-state index contributed by atoms with van der Waals surface area (Å²) >= 11 is 0. The molecule has 0 spiro atoms. The van der Waals surface area contributed by atoms with Crippen LogP contribution in [0.2, 0.25) is 0 Å². The van der Waals surface area contributed by atoms with E-state index in [0.29, 0.717) is 17.2 Å². The van der Waals surface area contributed by atoms with Gasteiger partial charge in [0.15, 0.2) is 0 Å².